The Morgan fingerprint density at radius 1 is 1.37 bits per heavy atom. The first-order chi connectivity index (χ1) is 13.0. The van der Waals surface area contributed by atoms with E-state index >= 15 is 0 Å². The van der Waals surface area contributed by atoms with E-state index in [4.69, 9.17) is 0 Å². The monoisotopic (exact) mass is 465 g/mol. The Labute approximate surface area is 174 Å². The molecule has 142 valence electrons. The predicted molar refractivity (Wildman–Crippen MR) is 117 cm³/mol. The molecule has 27 heavy (non-hydrogen) atoms. The highest BCUT2D eigenvalue weighted by atomic mass is 79.9. The number of hydrogen-bond donors (Lipinski definition) is 1. The highest BCUT2D eigenvalue weighted by Gasteiger charge is 2.14. The average Bonchev–Trinajstić information content (AvgIpc) is 3.10. The first-order valence-corrected chi connectivity index (χ1v) is 11.3. The number of aromatic nitrogens is 2. The van der Waals surface area contributed by atoms with Gasteiger partial charge in [0, 0.05) is 16.7 Å². The van der Waals surface area contributed by atoms with Gasteiger partial charge in [-0.1, -0.05) is 41.0 Å². The first-order valence-electron chi connectivity index (χ1n) is 8.66. The van der Waals surface area contributed by atoms with Gasteiger partial charge in [-0.2, -0.15) is 0 Å². The summed E-state index contributed by atoms with van der Waals surface area (Å²) in [5, 5.41) is 5.40. The number of hydrogen-bond acceptors (Lipinski definition) is 5. The standard InChI is InChI=1S/C19H20BrN3O2S2/c1-3-4-8-23-18(25)17-15(7-9-26-17)22-19(23)27-11-16(24)21-14-6-5-13(20)10-12(14)2/h5-7,9-10H,3-4,8,11H2,1-2H3,(H,21,24). The lowest BCUT2D eigenvalue weighted by Gasteiger charge is -2.12. The summed E-state index contributed by atoms with van der Waals surface area (Å²) in [7, 11) is 0. The molecule has 0 aliphatic rings. The van der Waals surface area contributed by atoms with Crippen LogP contribution in [0.2, 0.25) is 0 Å². The van der Waals surface area contributed by atoms with Crippen LogP contribution >= 0.6 is 39.0 Å². The van der Waals surface area contributed by atoms with E-state index in [0.717, 1.165) is 28.6 Å². The third-order valence-corrected chi connectivity index (χ3v) is 6.42. The largest absolute Gasteiger partial charge is 0.325 e. The van der Waals surface area contributed by atoms with Crippen molar-refractivity contribution in [2.24, 2.45) is 0 Å². The Hall–Kier alpha value is -1.64. The molecule has 5 nitrogen and oxygen atoms in total. The third-order valence-electron chi connectivity index (χ3n) is 4.06. The van der Waals surface area contributed by atoms with Crippen LogP contribution in [-0.4, -0.2) is 21.2 Å². The number of nitrogens with zero attached hydrogens (tertiary/aromatic N) is 2. The summed E-state index contributed by atoms with van der Waals surface area (Å²) in [6, 6.07) is 7.57. The van der Waals surface area contributed by atoms with E-state index in [1.807, 2.05) is 36.6 Å². The van der Waals surface area contributed by atoms with Gasteiger partial charge in [0.1, 0.15) is 4.70 Å². The summed E-state index contributed by atoms with van der Waals surface area (Å²) in [5.41, 5.74) is 2.45. The molecule has 0 saturated carbocycles. The minimum atomic E-state index is -0.118. The highest BCUT2D eigenvalue weighted by molar-refractivity contribution is 9.10. The minimum Gasteiger partial charge on any atom is -0.325 e. The van der Waals surface area contributed by atoms with Crippen LogP contribution in [-0.2, 0) is 11.3 Å². The molecule has 2 heterocycles. The van der Waals surface area contributed by atoms with Crippen LogP contribution in [0.15, 0.2) is 44.1 Å². The molecule has 0 bridgehead atoms. The molecule has 0 atom stereocenters. The average molecular weight is 466 g/mol. The van der Waals surface area contributed by atoms with Crippen molar-refractivity contribution in [2.75, 3.05) is 11.1 Å². The van der Waals surface area contributed by atoms with Crippen LogP contribution in [0.25, 0.3) is 10.2 Å². The Bertz CT molecular complexity index is 1030. The van der Waals surface area contributed by atoms with Crippen LogP contribution in [0, 0.1) is 6.92 Å². The van der Waals surface area contributed by atoms with Crippen molar-refractivity contribution in [3.8, 4) is 0 Å². The molecule has 3 aromatic rings. The number of unbranched alkanes of at least 4 members (excludes halogenated alkanes) is 1. The maximum atomic E-state index is 12.7. The van der Waals surface area contributed by atoms with Crippen LogP contribution in [0.3, 0.4) is 0 Å². The van der Waals surface area contributed by atoms with E-state index in [1.165, 1.54) is 23.1 Å². The number of anilines is 1. The second-order valence-corrected chi connectivity index (χ2v) is 8.91. The molecule has 0 saturated heterocycles. The maximum absolute atomic E-state index is 12.7. The van der Waals surface area contributed by atoms with Crippen LogP contribution in [0.5, 0.6) is 0 Å². The fourth-order valence-electron chi connectivity index (χ4n) is 2.63. The number of thiophene rings is 1. The molecule has 1 aromatic carbocycles. The van der Waals surface area contributed by atoms with Gasteiger partial charge in [-0.25, -0.2) is 4.98 Å². The lowest BCUT2D eigenvalue weighted by Crippen LogP contribution is -2.23. The maximum Gasteiger partial charge on any atom is 0.272 e. The summed E-state index contributed by atoms with van der Waals surface area (Å²) in [4.78, 5) is 29.7. The van der Waals surface area contributed by atoms with Gasteiger partial charge in [-0.3, -0.25) is 14.2 Å². The van der Waals surface area contributed by atoms with Crippen molar-refractivity contribution in [2.45, 2.75) is 38.4 Å². The highest BCUT2D eigenvalue weighted by Crippen LogP contribution is 2.23. The Morgan fingerprint density at radius 3 is 2.93 bits per heavy atom. The lowest BCUT2D eigenvalue weighted by molar-refractivity contribution is -0.113. The quantitative estimate of drug-likeness (QED) is 0.391. The topological polar surface area (TPSA) is 64.0 Å². The minimum absolute atomic E-state index is 0.0184. The van der Waals surface area contributed by atoms with E-state index in [1.54, 1.807) is 4.57 Å². The molecule has 0 unspecified atom stereocenters. The van der Waals surface area contributed by atoms with E-state index < -0.39 is 0 Å². The van der Waals surface area contributed by atoms with E-state index in [9.17, 15) is 9.59 Å². The number of carbonyl (C=O) groups is 1. The van der Waals surface area contributed by atoms with Crippen molar-refractivity contribution in [3.05, 3.63) is 50.0 Å². The molecule has 1 N–H and O–H groups in total. The summed E-state index contributed by atoms with van der Waals surface area (Å²) < 4.78 is 3.34. The second kappa shape index (κ2) is 9.03. The molecule has 2 aromatic heterocycles. The molecule has 0 spiro atoms. The number of nitrogens with one attached hydrogen (secondary N) is 1. The van der Waals surface area contributed by atoms with Gasteiger partial charge >= 0.3 is 0 Å². The van der Waals surface area contributed by atoms with Crippen LogP contribution < -0.4 is 10.9 Å². The number of rotatable bonds is 7. The van der Waals surface area contributed by atoms with Gasteiger partial charge in [-0.05, 0) is 48.6 Å². The third kappa shape index (κ3) is 4.80. The van der Waals surface area contributed by atoms with Gasteiger partial charge in [0.05, 0.1) is 11.3 Å². The van der Waals surface area contributed by atoms with E-state index in [2.05, 4.69) is 33.2 Å². The van der Waals surface area contributed by atoms with Gasteiger partial charge in [0.15, 0.2) is 5.16 Å². The Morgan fingerprint density at radius 2 is 2.19 bits per heavy atom. The number of thioether (sulfide) groups is 1. The molecule has 0 fully saturated rings. The fourth-order valence-corrected chi connectivity index (χ4v) is 4.71. The van der Waals surface area contributed by atoms with Gasteiger partial charge < -0.3 is 5.32 Å². The van der Waals surface area contributed by atoms with Gasteiger partial charge in [0.2, 0.25) is 5.91 Å². The fraction of sp³-hybridized carbons (Fsp3) is 0.316. The number of halogens is 1. The molecule has 0 radical (unpaired) electrons. The molecular formula is C19H20BrN3O2S2. The molecule has 0 aliphatic carbocycles. The number of carbonyl (C=O) groups excluding carboxylic acids is 1. The molecule has 3 rings (SSSR count). The van der Waals surface area contributed by atoms with Crippen molar-refractivity contribution in [3.63, 3.8) is 0 Å². The van der Waals surface area contributed by atoms with Crippen molar-refractivity contribution in [1.82, 2.24) is 9.55 Å². The van der Waals surface area contributed by atoms with Gasteiger partial charge in [-0.15, -0.1) is 11.3 Å². The van der Waals surface area contributed by atoms with Crippen LogP contribution in [0.4, 0.5) is 5.69 Å². The molecule has 0 aliphatic heterocycles. The molecule has 8 heteroatoms. The zero-order valence-electron chi connectivity index (χ0n) is 15.1. The Kier molecular flexibility index (Phi) is 6.73. The van der Waals surface area contributed by atoms with Crippen molar-refractivity contribution < 1.29 is 4.79 Å². The Balaban J connectivity index is 1.77. The number of amides is 1. The van der Waals surface area contributed by atoms with Crippen molar-refractivity contribution in [1.29, 1.82) is 0 Å². The van der Waals surface area contributed by atoms with E-state index in [-0.39, 0.29) is 17.2 Å². The summed E-state index contributed by atoms with van der Waals surface area (Å²) in [6.07, 6.45) is 1.89. The number of benzene rings is 1. The molecule has 1 amide bonds. The summed E-state index contributed by atoms with van der Waals surface area (Å²) >= 11 is 6.13. The predicted octanol–water partition coefficient (Wildman–Crippen LogP) is 5.06. The second-order valence-electron chi connectivity index (χ2n) is 6.14. The lowest BCUT2D eigenvalue weighted by atomic mass is 10.2. The molecular weight excluding hydrogens is 446 g/mol. The van der Waals surface area contributed by atoms with E-state index in [0.29, 0.717) is 21.9 Å². The zero-order chi connectivity index (χ0) is 19.4. The summed E-state index contributed by atoms with van der Waals surface area (Å²) in [5.74, 6) is 0.0797. The van der Waals surface area contributed by atoms with Crippen molar-refractivity contribution >= 4 is 60.8 Å². The number of aryl methyl sites for hydroxylation is 1. The van der Waals surface area contributed by atoms with Crippen LogP contribution in [0.1, 0.15) is 25.3 Å². The zero-order valence-corrected chi connectivity index (χ0v) is 18.3. The summed E-state index contributed by atoms with van der Waals surface area (Å²) in [6.45, 7) is 4.65. The smallest absolute Gasteiger partial charge is 0.272 e. The normalized spacial score (nSPS) is 11.1. The number of fused-ring (bicyclic) bond motifs is 1. The SMILES string of the molecule is CCCCn1c(SCC(=O)Nc2ccc(Br)cc2C)nc2ccsc2c1=O. The first kappa shape index (κ1) is 20.1. The van der Waals surface area contributed by atoms with Gasteiger partial charge in [0.25, 0.3) is 5.56 Å².